The summed E-state index contributed by atoms with van der Waals surface area (Å²) < 4.78 is 8.05. The number of amides is 1. The van der Waals surface area contributed by atoms with E-state index in [1.807, 2.05) is 6.08 Å². The standard InChI is InChI=1S/C33H40N4O2/c1-20(2)25-17-27(21(3)4)36-32-31(25)26(19-34)29(37(32)28-12-11-22-9-7-8-10-24(22)28)13-14-30(38)35-23-15-16-39-33(5,6)18-23/h7-10,13-14,17,20-21,23,28H,11-12,15-16,18H2,1-6H3,(H,35,38)/b14-13+. The monoisotopic (exact) mass is 524 g/mol. The van der Waals surface area contributed by atoms with Crippen molar-refractivity contribution < 1.29 is 9.53 Å². The molecule has 1 fully saturated rings. The molecule has 0 spiro atoms. The van der Waals surface area contributed by atoms with E-state index in [1.165, 1.54) is 11.1 Å². The number of nitrogens with one attached hydrogen (secondary N) is 1. The Bertz CT molecular complexity index is 1470. The minimum Gasteiger partial charge on any atom is -0.375 e. The highest BCUT2D eigenvalue weighted by Crippen LogP contribution is 2.42. The highest BCUT2D eigenvalue weighted by Gasteiger charge is 2.32. The second-order valence-electron chi connectivity index (χ2n) is 12.3. The normalized spacial score (nSPS) is 20.6. The van der Waals surface area contributed by atoms with E-state index >= 15 is 0 Å². The third kappa shape index (κ3) is 5.25. The van der Waals surface area contributed by atoms with Crippen LogP contribution in [-0.4, -0.2) is 33.7 Å². The van der Waals surface area contributed by atoms with E-state index in [0.29, 0.717) is 12.2 Å². The largest absolute Gasteiger partial charge is 0.375 e. The summed E-state index contributed by atoms with van der Waals surface area (Å²) in [5.41, 5.74) is 6.71. The Balaban J connectivity index is 1.65. The maximum atomic E-state index is 13.1. The van der Waals surface area contributed by atoms with Gasteiger partial charge in [-0.3, -0.25) is 4.79 Å². The van der Waals surface area contributed by atoms with Crippen molar-refractivity contribution >= 4 is 23.0 Å². The molecule has 1 saturated heterocycles. The average molecular weight is 525 g/mol. The summed E-state index contributed by atoms with van der Waals surface area (Å²) in [6, 6.07) is 13.3. The van der Waals surface area contributed by atoms with Crippen molar-refractivity contribution in [2.24, 2.45) is 0 Å². The highest BCUT2D eigenvalue weighted by atomic mass is 16.5. The molecule has 39 heavy (non-hydrogen) atoms. The number of nitriles is 1. The lowest BCUT2D eigenvalue weighted by molar-refractivity contribution is -0.119. The molecule has 0 bridgehead atoms. The van der Waals surface area contributed by atoms with Crippen LogP contribution in [0.25, 0.3) is 17.1 Å². The maximum Gasteiger partial charge on any atom is 0.244 e. The van der Waals surface area contributed by atoms with Gasteiger partial charge in [-0.1, -0.05) is 52.0 Å². The topological polar surface area (TPSA) is 79.9 Å². The van der Waals surface area contributed by atoms with Gasteiger partial charge in [0.15, 0.2) is 0 Å². The van der Waals surface area contributed by atoms with Crippen LogP contribution in [0, 0.1) is 11.3 Å². The fourth-order valence-corrected chi connectivity index (χ4v) is 6.27. The Morgan fingerprint density at radius 3 is 2.67 bits per heavy atom. The molecule has 0 radical (unpaired) electrons. The lowest BCUT2D eigenvalue weighted by atomic mass is 9.94. The Kier molecular flexibility index (Phi) is 7.39. The molecule has 1 amide bonds. The molecule has 1 aliphatic heterocycles. The van der Waals surface area contributed by atoms with Gasteiger partial charge in [0.2, 0.25) is 5.91 Å². The molecular weight excluding hydrogens is 484 g/mol. The number of nitrogens with zero attached hydrogens (tertiary/aromatic N) is 3. The Hall–Kier alpha value is -3.43. The second kappa shape index (κ2) is 10.6. The highest BCUT2D eigenvalue weighted by molar-refractivity contribution is 5.96. The molecule has 5 rings (SSSR count). The van der Waals surface area contributed by atoms with Crippen LogP contribution >= 0.6 is 0 Å². The van der Waals surface area contributed by atoms with Gasteiger partial charge in [0, 0.05) is 29.8 Å². The number of pyridine rings is 1. The van der Waals surface area contributed by atoms with E-state index < -0.39 is 0 Å². The molecule has 3 aromatic rings. The van der Waals surface area contributed by atoms with Crippen LogP contribution < -0.4 is 5.32 Å². The number of aromatic nitrogens is 2. The van der Waals surface area contributed by atoms with Crippen LogP contribution in [0.3, 0.4) is 0 Å². The third-order valence-corrected chi connectivity index (χ3v) is 8.22. The summed E-state index contributed by atoms with van der Waals surface area (Å²) in [5.74, 6) is 0.332. The molecule has 6 heteroatoms. The fraction of sp³-hybridized carbons (Fsp3) is 0.485. The zero-order valence-corrected chi connectivity index (χ0v) is 24.0. The lowest BCUT2D eigenvalue weighted by Crippen LogP contribution is -2.45. The van der Waals surface area contributed by atoms with Crippen molar-refractivity contribution in [3.63, 3.8) is 0 Å². The van der Waals surface area contributed by atoms with E-state index in [-0.39, 0.29) is 35.4 Å². The molecule has 2 atom stereocenters. The van der Waals surface area contributed by atoms with Crippen molar-refractivity contribution in [1.29, 1.82) is 5.26 Å². The predicted octanol–water partition coefficient (Wildman–Crippen LogP) is 6.78. The van der Waals surface area contributed by atoms with Crippen LogP contribution in [0.4, 0.5) is 0 Å². The second-order valence-corrected chi connectivity index (χ2v) is 12.3. The number of benzene rings is 1. The molecule has 6 nitrogen and oxygen atoms in total. The summed E-state index contributed by atoms with van der Waals surface area (Å²) in [6.07, 6.45) is 6.91. The average Bonchev–Trinajstić information content (AvgIpc) is 3.44. The van der Waals surface area contributed by atoms with Crippen molar-refractivity contribution in [3.8, 4) is 6.07 Å². The number of carbonyl (C=O) groups is 1. The third-order valence-electron chi connectivity index (χ3n) is 8.22. The number of aryl methyl sites for hydroxylation is 1. The first-order valence-electron chi connectivity index (χ1n) is 14.3. The minimum atomic E-state index is -0.247. The molecule has 3 heterocycles. The number of fused-ring (bicyclic) bond motifs is 2. The SMILES string of the molecule is CC(C)c1cc(C(C)C)c2c(C#N)c(/C=C/C(=O)NC3CCOC(C)(C)C3)n(C3CCc4ccccc43)c2n1. The molecular formula is C33H40N4O2. The first-order valence-corrected chi connectivity index (χ1v) is 14.3. The zero-order valence-electron chi connectivity index (χ0n) is 24.0. The maximum absolute atomic E-state index is 13.1. The Morgan fingerprint density at radius 2 is 1.97 bits per heavy atom. The molecule has 1 N–H and O–H groups in total. The number of carbonyl (C=O) groups excluding carboxylic acids is 1. The van der Waals surface area contributed by atoms with Gasteiger partial charge < -0.3 is 14.6 Å². The van der Waals surface area contributed by atoms with Gasteiger partial charge in [0.1, 0.15) is 11.7 Å². The summed E-state index contributed by atoms with van der Waals surface area (Å²) in [7, 11) is 0. The number of hydrogen-bond acceptors (Lipinski definition) is 4. The van der Waals surface area contributed by atoms with E-state index in [4.69, 9.17) is 9.72 Å². The lowest BCUT2D eigenvalue weighted by Gasteiger charge is -2.35. The first kappa shape index (κ1) is 27.1. The van der Waals surface area contributed by atoms with Crippen LogP contribution in [-0.2, 0) is 16.0 Å². The molecule has 2 aromatic heterocycles. The van der Waals surface area contributed by atoms with E-state index in [1.54, 1.807) is 6.08 Å². The van der Waals surface area contributed by atoms with Crippen molar-refractivity contribution in [2.75, 3.05) is 6.61 Å². The summed E-state index contributed by atoms with van der Waals surface area (Å²) in [4.78, 5) is 18.3. The van der Waals surface area contributed by atoms with Crippen LogP contribution in [0.15, 0.2) is 36.4 Å². The smallest absolute Gasteiger partial charge is 0.244 e. The summed E-state index contributed by atoms with van der Waals surface area (Å²) in [5, 5.41) is 14.6. The molecule has 204 valence electrons. The molecule has 0 saturated carbocycles. The summed E-state index contributed by atoms with van der Waals surface area (Å²) >= 11 is 0. The number of rotatable bonds is 6. The van der Waals surface area contributed by atoms with Crippen molar-refractivity contribution in [2.45, 2.75) is 96.7 Å². The predicted molar refractivity (Wildman–Crippen MR) is 156 cm³/mol. The van der Waals surface area contributed by atoms with Gasteiger partial charge >= 0.3 is 0 Å². The molecule has 1 aliphatic carbocycles. The van der Waals surface area contributed by atoms with Gasteiger partial charge in [-0.2, -0.15) is 5.26 Å². The van der Waals surface area contributed by atoms with Crippen molar-refractivity contribution in [1.82, 2.24) is 14.9 Å². The van der Waals surface area contributed by atoms with Crippen LogP contribution in [0.1, 0.15) is 112 Å². The van der Waals surface area contributed by atoms with E-state index in [9.17, 15) is 10.1 Å². The summed E-state index contributed by atoms with van der Waals surface area (Å²) in [6.45, 7) is 13.4. The molecule has 1 aromatic carbocycles. The number of hydrogen-bond donors (Lipinski definition) is 1. The molecule has 2 aliphatic rings. The first-order chi connectivity index (χ1) is 18.6. The van der Waals surface area contributed by atoms with Gasteiger partial charge in [-0.05, 0) is 80.2 Å². The zero-order chi connectivity index (χ0) is 27.9. The fourth-order valence-electron chi connectivity index (χ4n) is 6.27. The molecule has 2 unspecified atom stereocenters. The van der Waals surface area contributed by atoms with Crippen LogP contribution in [0.2, 0.25) is 0 Å². The Morgan fingerprint density at radius 1 is 1.21 bits per heavy atom. The van der Waals surface area contributed by atoms with E-state index in [0.717, 1.165) is 53.7 Å². The van der Waals surface area contributed by atoms with Gasteiger partial charge in [-0.15, -0.1) is 0 Å². The number of ether oxygens (including phenoxy) is 1. The van der Waals surface area contributed by atoms with Crippen LogP contribution in [0.5, 0.6) is 0 Å². The van der Waals surface area contributed by atoms with Gasteiger partial charge in [-0.25, -0.2) is 4.98 Å². The minimum absolute atomic E-state index is 0.0553. The quantitative estimate of drug-likeness (QED) is 0.361. The van der Waals surface area contributed by atoms with Crippen molar-refractivity contribution in [3.05, 3.63) is 70.0 Å². The van der Waals surface area contributed by atoms with Gasteiger partial charge in [0.25, 0.3) is 0 Å². The van der Waals surface area contributed by atoms with Gasteiger partial charge in [0.05, 0.1) is 22.9 Å². The van der Waals surface area contributed by atoms with E-state index in [2.05, 4.69) is 87.8 Å². The Labute approximate surface area is 232 Å².